The predicted molar refractivity (Wildman–Crippen MR) is 81.1 cm³/mol. The van der Waals surface area contributed by atoms with Gasteiger partial charge in [0.25, 0.3) is 5.91 Å². The van der Waals surface area contributed by atoms with Crippen LogP contribution in [0.4, 0.5) is 0 Å². The molecule has 1 aromatic rings. The van der Waals surface area contributed by atoms with Gasteiger partial charge in [-0.25, -0.2) is 0 Å². The van der Waals surface area contributed by atoms with Gasteiger partial charge in [0, 0.05) is 24.7 Å². The lowest BCUT2D eigenvalue weighted by Gasteiger charge is -2.33. The van der Waals surface area contributed by atoms with Gasteiger partial charge in [-0.15, -0.1) is 12.4 Å². The lowest BCUT2D eigenvalue weighted by Crippen LogP contribution is -2.47. The van der Waals surface area contributed by atoms with Crippen LogP contribution in [0.3, 0.4) is 0 Å². The minimum absolute atomic E-state index is 0. The zero-order chi connectivity index (χ0) is 13.0. The summed E-state index contributed by atoms with van der Waals surface area (Å²) in [5.41, 5.74) is 2.02. The number of carbonyl (C=O) groups is 1. The molecule has 0 spiro atoms. The summed E-state index contributed by atoms with van der Waals surface area (Å²) in [4.78, 5) is 14.5. The molecule has 1 aliphatic heterocycles. The van der Waals surface area contributed by atoms with Crippen LogP contribution in [0.15, 0.2) is 24.3 Å². The number of nitrogens with one attached hydrogen (secondary N) is 1. The lowest BCUT2D eigenvalue weighted by molar-refractivity contribution is 0.0697. The van der Waals surface area contributed by atoms with Crippen molar-refractivity contribution < 1.29 is 4.79 Å². The second-order valence-corrected chi connectivity index (χ2v) is 4.89. The monoisotopic (exact) mass is 282 g/mol. The average Bonchev–Trinajstić information content (AvgIpc) is 2.46. The van der Waals surface area contributed by atoms with E-state index < -0.39 is 0 Å². The minimum Gasteiger partial charge on any atom is -0.337 e. The predicted octanol–water partition coefficient (Wildman–Crippen LogP) is 2.49. The van der Waals surface area contributed by atoms with E-state index in [-0.39, 0.29) is 18.3 Å². The molecular formula is C15H23ClN2O. The van der Waals surface area contributed by atoms with Crippen molar-refractivity contribution in [2.45, 2.75) is 32.2 Å². The van der Waals surface area contributed by atoms with E-state index in [1.165, 1.54) is 0 Å². The third kappa shape index (κ3) is 3.71. The third-order valence-electron chi connectivity index (χ3n) is 3.75. The normalized spacial score (nSPS) is 18.8. The fraction of sp³-hybridized carbons (Fsp3) is 0.533. The van der Waals surface area contributed by atoms with E-state index in [1.54, 1.807) is 0 Å². The van der Waals surface area contributed by atoms with Gasteiger partial charge >= 0.3 is 0 Å². The summed E-state index contributed by atoms with van der Waals surface area (Å²) >= 11 is 0. The van der Waals surface area contributed by atoms with Gasteiger partial charge in [0.05, 0.1) is 0 Å². The highest BCUT2D eigenvalue weighted by atomic mass is 35.5. The third-order valence-corrected chi connectivity index (χ3v) is 3.75. The molecule has 0 bridgehead atoms. The molecule has 1 unspecified atom stereocenters. The van der Waals surface area contributed by atoms with Crippen LogP contribution >= 0.6 is 12.4 Å². The molecule has 0 aromatic heterocycles. The first-order valence-corrected chi connectivity index (χ1v) is 6.80. The molecule has 1 fully saturated rings. The van der Waals surface area contributed by atoms with Gasteiger partial charge in [-0.05, 0) is 37.9 Å². The maximum absolute atomic E-state index is 12.5. The first-order chi connectivity index (χ1) is 8.76. The molecule has 1 aliphatic rings. The second-order valence-electron chi connectivity index (χ2n) is 4.89. The lowest BCUT2D eigenvalue weighted by atomic mass is 10.0. The number of piperidine rings is 1. The van der Waals surface area contributed by atoms with E-state index in [9.17, 15) is 4.79 Å². The molecule has 0 aliphatic carbocycles. The molecule has 1 saturated heterocycles. The zero-order valence-corrected chi connectivity index (χ0v) is 12.5. The molecule has 3 nitrogen and oxygen atoms in total. The fourth-order valence-electron chi connectivity index (χ4n) is 2.60. The molecule has 0 saturated carbocycles. The molecule has 19 heavy (non-hydrogen) atoms. The summed E-state index contributed by atoms with van der Waals surface area (Å²) in [6.45, 7) is 3.81. The molecule has 2 rings (SSSR count). The van der Waals surface area contributed by atoms with E-state index in [0.717, 1.165) is 43.5 Å². The van der Waals surface area contributed by atoms with Gasteiger partial charge in [-0.1, -0.05) is 25.1 Å². The summed E-state index contributed by atoms with van der Waals surface area (Å²) in [5, 5.41) is 3.27. The molecule has 1 heterocycles. The molecule has 106 valence electrons. The van der Waals surface area contributed by atoms with Crippen molar-refractivity contribution in [3.63, 3.8) is 0 Å². The topological polar surface area (TPSA) is 32.3 Å². The smallest absolute Gasteiger partial charge is 0.254 e. The van der Waals surface area contributed by atoms with Gasteiger partial charge in [0.15, 0.2) is 0 Å². The Hall–Kier alpha value is -1.06. The first kappa shape index (κ1) is 16.0. The van der Waals surface area contributed by atoms with Crippen LogP contribution in [0.5, 0.6) is 0 Å². The van der Waals surface area contributed by atoms with Crippen molar-refractivity contribution in [3.8, 4) is 0 Å². The Morgan fingerprint density at radius 1 is 1.42 bits per heavy atom. The Balaban J connectivity index is 0.00000180. The van der Waals surface area contributed by atoms with Crippen molar-refractivity contribution >= 4 is 18.3 Å². The largest absolute Gasteiger partial charge is 0.337 e. The molecule has 1 amide bonds. The number of aryl methyl sites for hydroxylation is 1. The van der Waals surface area contributed by atoms with Crippen molar-refractivity contribution in [3.05, 3.63) is 35.4 Å². The molecule has 1 atom stereocenters. The number of halogens is 1. The highest BCUT2D eigenvalue weighted by molar-refractivity contribution is 5.95. The number of hydrogen-bond donors (Lipinski definition) is 1. The molecular weight excluding hydrogens is 260 g/mol. The summed E-state index contributed by atoms with van der Waals surface area (Å²) < 4.78 is 0. The standard InChI is InChI=1S/C15H22N2O.ClH/c1-3-12-7-4-5-9-14(12)15(18)17-10-6-8-13(11-17)16-2;/h4-5,7,9,13,16H,3,6,8,10-11H2,1-2H3;1H. The number of benzene rings is 1. The summed E-state index contributed by atoms with van der Waals surface area (Å²) in [6.07, 6.45) is 3.16. The van der Waals surface area contributed by atoms with Gasteiger partial charge in [-0.3, -0.25) is 4.79 Å². The van der Waals surface area contributed by atoms with Gasteiger partial charge < -0.3 is 10.2 Å². The molecule has 1 N–H and O–H groups in total. The first-order valence-electron chi connectivity index (χ1n) is 6.80. The average molecular weight is 283 g/mol. The van der Waals surface area contributed by atoms with E-state index in [0.29, 0.717) is 6.04 Å². The Bertz CT molecular complexity index is 422. The Morgan fingerprint density at radius 3 is 2.84 bits per heavy atom. The van der Waals surface area contributed by atoms with Crippen LogP contribution < -0.4 is 5.32 Å². The van der Waals surface area contributed by atoms with E-state index in [4.69, 9.17) is 0 Å². The Morgan fingerprint density at radius 2 is 2.16 bits per heavy atom. The van der Waals surface area contributed by atoms with Crippen LogP contribution in [0.25, 0.3) is 0 Å². The Kier molecular flexibility index (Phi) is 6.32. The summed E-state index contributed by atoms with van der Waals surface area (Å²) in [5.74, 6) is 0.187. The van der Waals surface area contributed by atoms with E-state index >= 15 is 0 Å². The van der Waals surface area contributed by atoms with E-state index in [1.807, 2.05) is 36.2 Å². The second kappa shape index (κ2) is 7.51. The summed E-state index contributed by atoms with van der Waals surface area (Å²) in [7, 11) is 1.97. The van der Waals surface area contributed by atoms with Crippen LogP contribution in [-0.4, -0.2) is 37.0 Å². The minimum atomic E-state index is 0. The number of hydrogen-bond acceptors (Lipinski definition) is 2. The molecule has 1 aromatic carbocycles. The van der Waals surface area contributed by atoms with Gasteiger partial charge in [0.1, 0.15) is 0 Å². The molecule has 4 heteroatoms. The van der Waals surface area contributed by atoms with Crippen LogP contribution in [0, 0.1) is 0 Å². The maximum Gasteiger partial charge on any atom is 0.254 e. The molecule has 0 radical (unpaired) electrons. The maximum atomic E-state index is 12.5. The number of rotatable bonds is 3. The highest BCUT2D eigenvalue weighted by Crippen LogP contribution is 2.16. The number of likely N-dealkylation sites (tertiary alicyclic amines) is 1. The highest BCUT2D eigenvalue weighted by Gasteiger charge is 2.24. The quantitative estimate of drug-likeness (QED) is 0.924. The zero-order valence-electron chi connectivity index (χ0n) is 11.7. The number of carbonyl (C=O) groups excluding carboxylic acids is 1. The van der Waals surface area contributed by atoms with Crippen LogP contribution in [-0.2, 0) is 6.42 Å². The van der Waals surface area contributed by atoms with Crippen molar-refractivity contribution in [2.24, 2.45) is 0 Å². The SMILES string of the molecule is CCc1ccccc1C(=O)N1CCCC(NC)C1.Cl. The van der Waals surface area contributed by atoms with Crippen molar-refractivity contribution in [1.82, 2.24) is 10.2 Å². The summed E-state index contributed by atoms with van der Waals surface area (Å²) in [6, 6.07) is 8.39. The van der Waals surface area contributed by atoms with Crippen LogP contribution in [0.2, 0.25) is 0 Å². The van der Waals surface area contributed by atoms with Gasteiger partial charge in [-0.2, -0.15) is 0 Å². The van der Waals surface area contributed by atoms with E-state index in [2.05, 4.69) is 12.2 Å². The number of amides is 1. The fourth-order valence-corrected chi connectivity index (χ4v) is 2.60. The number of nitrogens with zero attached hydrogens (tertiary/aromatic N) is 1. The van der Waals surface area contributed by atoms with Crippen LogP contribution in [0.1, 0.15) is 35.7 Å². The Labute approximate surface area is 121 Å². The number of likely N-dealkylation sites (N-methyl/N-ethyl adjacent to an activating group) is 1. The van der Waals surface area contributed by atoms with Crippen molar-refractivity contribution in [2.75, 3.05) is 20.1 Å². The van der Waals surface area contributed by atoms with Gasteiger partial charge in [0.2, 0.25) is 0 Å². The van der Waals surface area contributed by atoms with Crippen molar-refractivity contribution in [1.29, 1.82) is 0 Å².